The molecule has 4 aromatic rings. The molecule has 48 heavy (non-hydrogen) atoms. The van der Waals surface area contributed by atoms with Gasteiger partial charge < -0.3 is 19.9 Å². The first-order valence-corrected chi connectivity index (χ1v) is 15.9. The summed E-state index contributed by atoms with van der Waals surface area (Å²) in [5.41, 5.74) is 5.56. The number of H-pyrrole nitrogens is 1. The number of fused-ring (bicyclic) bond motifs is 1. The molecular weight excluding hydrogens is 609 g/mol. The summed E-state index contributed by atoms with van der Waals surface area (Å²) >= 11 is 0. The van der Waals surface area contributed by atoms with Gasteiger partial charge >= 0.3 is 0 Å². The molecule has 1 atom stereocenters. The Morgan fingerprint density at radius 2 is 1.92 bits per heavy atom. The molecule has 12 heteroatoms. The van der Waals surface area contributed by atoms with Gasteiger partial charge in [-0.15, -0.1) is 0 Å². The van der Waals surface area contributed by atoms with Crippen molar-refractivity contribution in [2.45, 2.75) is 6.42 Å². The Morgan fingerprint density at radius 1 is 1.12 bits per heavy atom. The molecule has 0 bridgehead atoms. The fourth-order valence-electron chi connectivity index (χ4n) is 6.58. The number of pyridine rings is 1. The molecule has 2 aromatic carbocycles. The van der Waals surface area contributed by atoms with Gasteiger partial charge in [0, 0.05) is 91.2 Å². The van der Waals surface area contributed by atoms with Crippen molar-refractivity contribution in [3.63, 3.8) is 0 Å². The van der Waals surface area contributed by atoms with Gasteiger partial charge in [-0.1, -0.05) is 13.2 Å². The summed E-state index contributed by atoms with van der Waals surface area (Å²) < 4.78 is 19.1. The number of methoxy groups -OCH3 is 1. The van der Waals surface area contributed by atoms with Gasteiger partial charge in [-0.3, -0.25) is 14.8 Å². The van der Waals surface area contributed by atoms with E-state index in [0.717, 1.165) is 65.2 Å². The van der Waals surface area contributed by atoms with Gasteiger partial charge in [0.25, 0.3) is 0 Å². The number of nitrogens with zero attached hydrogens (tertiary/aromatic N) is 7. The molecule has 6 rings (SSSR count). The summed E-state index contributed by atoms with van der Waals surface area (Å²) in [6.45, 7) is 16.7. The highest BCUT2D eigenvalue weighted by Crippen LogP contribution is 2.38. The van der Waals surface area contributed by atoms with E-state index in [1.165, 1.54) is 18.5 Å². The maximum Gasteiger partial charge on any atom is 0.236 e. The van der Waals surface area contributed by atoms with E-state index in [1.54, 1.807) is 13.2 Å². The van der Waals surface area contributed by atoms with Gasteiger partial charge in [-0.25, -0.2) is 15.0 Å². The lowest BCUT2D eigenvalue weighted by Crippen LogP contribution is -2.51. The van der Waals surface area contributed by atoms with Crippen molar-refractivity contribution in [2.75, 3.05) is 69.7 Å². The zero-order valence-corrected chi connectivity index (χ0v) is 27.2. The summed E-state index contributed by atoms with van der Waals surface area (Å²) in [5, 5.41) is 11.9. The number of amides is 1. The minimum atomic E-state index is -0.537. The number of carbonyl (C=O) groups excluding carboxylic acids is 1. The van der Waals surface area contributed by atoms with E-state index in [2.05, 4.69) is 60.2 Å². The molecule has 2 N–H and O–H groups in total. The van der Waals surface area contributed by atoms with Crippen LogP contribution in [0.3, 0.4) is 0 Å². The van der Waals surface area contributed by atoms with Crippen LogP contribution in [0.1, 0.15) is 12.0 Å². The number of aromatic amines is 1. The summed E-state index contributed by atoms with van der Waals surface area (Å²) in [5.74, 6) is 0.131. The molecule has 0 unspecified atom stereocenters. The molecular formula is C36H40FN9O2. The van der Waals surface area contributed by atoms with Gasteiger partial charge in [0.05, 0.1) is 18.7 Å². The van der Waals surface area contributed by atoms with Crippen molar-refractivity contribution < 1.29 is 13.9 Å². The summed E-state index contributed by atoms with van der Waals surface area (Å²) in [7, 11) is 1.69. The number of piperazine rings is 1. The molecule has 2 fully saturated rings. The summed E-state index contributed by atoms with van der Waals surface area (Å²) in [6.07, 6.45) is 3.74. The average Bonchev–Trinajstić information content (AvgIpc) is 3.72. The average molecular weight is 650 g/mol. The Bertz CT molecular complexity index is 1830. The Balaban J connectivity index is 1.05. The van der Waals surface area contributed by atoms with E-state index in [0.29, 0.717) is 44.3 Å². The highest BCUT2D eigenvalue weighted by atomic mass is 19.1. The Hall–Kier alpha value is -5.20. The fraction of sp³-hybridized carbons (Fsp3) is 0.306. The topological polar surface area (TPSA) is 114 Å². The van der Waals surface area contributed by atoms with Crippen LogP contribution in [-0.2, 0) is 9.53 Å². The molecule has 2 aromatic heterocycles. The maximum absolute atomic E-state index is 13.4. The van der Waals surface area contributed by atoms with E-state index in [9.17, 15) is 9.18 Å². The van der Waals surface area contributed by atoms with Gasteiger partial charge in [0.2, 0.25) is 11.9 Å². The van der Waals surface area contributed by atoms with Crippen LogP contribution in [0.25, 0.3) is 22.2 Å². The molecule has 2 aliphatic rings. The maximum atomic E-state index is 13.4. The van der Waals surface area contributed by atoms with E-state index in [1.807, 2.05) is 47.4 Å². The first-order chi connectivity index (χ1) is 23.3. The number of aliphatic imine (C=N–C) groups is 2. The van der Waals surface area contributed by atoms with Crippen LogP contribution in [0.4, 0.5) is 15.8 Å². The second-order valence-corrected chi connectivity index (χ2v) is 12.2. The van der Waals surface area contributed by atoms with Crippen molar-refractivity contribution in [3.05, 3.63) is 97.4 Å². The zero-order valence-electron chi connectivity index (χ0n) is 27.2. The van der Waals surface area contributed by atoms with Gasteiger partial charge in [-0.05, 0) is 74.3 Å². The third-order valence-electron chi connectivity index (χ3n) is 9.20. The lowest BCUT2D eigenvalue weighted by atomic mass is 9.84. The molecule has 11 nitrogen and oxygen atoms in total. The molecule has 0 radical (unpaired) electrons. The number of aromatic nitrogens is 3. The Morgan fingerprint density at radius 3 is 2.60 bits per heavy atom. The molecule has 1 amide bonds. The van der Waals surface area contributed by atoms with Crippen LogP contribution in [0.2, 0.25) is 0 Å². The standard InChI is InChI=1S/C36H40FN9O2/c1-5-39-35(38-3)26-6-10-29(11-7-26)45-16-18-46(19-17-45)33(47)22-44-15-14-36(23-44,24-48-4)25(2)41-28-9-12-31-30(20-28)34(43-42-31)27-8-13-32(37)40-21-27/h5-13,20-21,41H,1-3,14-19,22-24H2,4H3,(H,42,43)/t36-/m1/s1. The van der Waals surface area contributed by atoms with Crippen molar-refractivity contribution in [3.8, 4) is 11.3 Å². The highest BCUT2D eigenvalue weighted by Gasteiger charge is 2.42. The van der Waals surface area contributed by atoms with Crippen LogP contribution >= 0.6 is 0 Å². The third kappa shape index (κ3) is 6.90. The quantitative estimate of drug-likeness (QED) is 0.134. The number of hydrogen-bond donors (Lipinski definition) is 2. The largest absolute Gasteiger partial charge is 0.384 e. The van der Waals surface area contributed by atoms with E-state index >= 15 is 0 Å². The van der Waals surface area contributed by atoms with Gasteiger partial charge in [-0.2, -0.15) is 9.49 Å². The predicted molar refractivity (Wildman–Crippen MR) is 189 cm³/mol. The molecule has 0 saturated carbocycles. The van der Waals surface area contributed by atoms with Crippen LogP contribution in [0, 0.1) is 11.4 Å². The fourth-order valence-corrected chi connectivity index (χ4v) is 6.58. The number of likely N-dealkylation sites (tertiary alicyclic amines) is 1. The molecule has 0 aliphatic carbocycles. The monoisotopic (exact) mass is 649 g/mol. The minimum absolute atomic E-state index is 0.132. The lowest BCUT2D eigenvalue weighted by molar-refractivity contribution is -0.132. The summed E-state index contributed by atoms with van der Waals surface area (Å²) in [6, 6.07) is 17.0. The van der Waals surface area contributed by atoms with Gasteiger partial charge in [0.1, 0.15) is 5.69 Å². The number of ether oxygens (including phenoxy) is 1. The second kappa shape index (κ2) is 14.3. The van der Waals surface area contributed by atoms with Crippen molar-refractivity contribution in [1.82, 2.24) is 25.0 Å². The number of rotatable bonds is 11. The van der Waals surface area contributed by atoms with E-state index in [-0.39, 0.29) is 11.3 Å². The second-order valence-electron chi connectivity index (χ2n) is 12.2. The van der Waals surface area contributed by atoms with Crippen LogP contribution in [0.5, 0.6) is 0 Å². The van der Waals surface area contributed by atoms with Gasteiger partial charge in [0.15, 0.2) is 5.84 Å². The number of halogens is 1. The Labute approximate surface area is 279 Å². The summed E-state index contributed by atoms with van der Waals surface area (Å²) in [4.78, 5) is 31.8. The van der Waals surface area contributed by atoms with Crippen molar-refractivity contribution in [1.29, 1.82) is 0 Å². The number of anilines is 2. The molecule has 4 heterocycles. The predicted octanol–water partition coefficient (Wildman–Crippen LogP) is 4.97. The number of nitrogens with one attached hydrogen (secondary N) is 2. The van der Waals surface area contributed by atoms with Crippen molar-refractivity contribution >= 4 is 40.7 Å². The van der Waals surface area contributed by atoms with Crippen molar-refractivity contribution in [2.24, 2.45) is 15.4 Å². The minimum Gasteiger partial charge on any atom is -0.384 e. The molecule has 248 valence electrons. The number of hydrogen-bond acceptors (Lipinski definition) is 8. The Kier molecular flexibility index (Phi) is 9.74. The number of carbonyl (C=O) groups is 1. The molecule has 2 saturated heterocycles. The van der Waals surface area contributed by atoms with E-state index < -0.39 is 5.95 Å². The number of benzene rings is 2. The number of amidine groups is 1. The van der Waals surface area contributed by atoms with Crippen LogP contribution < -0.4 is 10.2 Å². The normalized spacial score (nSPS) is 18.7. The molecule has 2 aliphatic heterocycles. The van der Waals surface area contributed by atoms with Crippen LogP contribution in [0.15, 0.2) is 95.8 Å². The smallest absolute Gasteiger partial charge is 0.236 e. The van der Waals surface area contributed by atoms with E-state index in [4.69, 9.17) is 4.74 Å². The third-order valence-corrected chi connectivity index (χ3v) is 9.20. The highest BCUT2D eigenvalue weighted by molar-refractivity contribution is 6.02. The first-order valence-electron chi connectivity index (χ1n) is 15.9. The van der Waals surface area contributed by atoms with Crippen LogP contribution in [-0.4, -0.2) is 103 Å². The lowest BCUT2D eigenvalue weighted by Gasteiger charge is -2.37. The first kappa shape index (κ1) is 32.7. The zero-order chi connectivity index (χ0) is 33.7. The SMILES string of the molecule is C=CN=C(N=C)c1ccc(N2CCN(C(=O)CN3CC[C@@](COC)(C(=C)Nc4ccc5[nH]nc(-c6ccc(F)nc6)c5c4)C3)CC2)cc1. The molecule has 0 spiro atoms.